The molecular weight excluding hydrogens is 284 g/mol. The zero-order valence-electron chi connectivity index (χ0n) is 12.3. The average molecular weight is 304 g/mol. The van der Waals surface area contributed by atoms with Crippen molar-refractivity contribution in [3.8, 4) is 0 Å². The van der Waals surface area contributed by atoms with Crippen LogP contribution in [0.1, 0.15) is 25.7 Å². The lowest BCUT2D eigenvalue weighted by atomic mass is 9.53. The number of fused-ring (bicyclic) bond motifs is 1. The van der Waals surface area contributed by atoms with Crippen molar-refractivity contribution in [3.05, 3.63) is 12.7 Å². The van der Waals surface area contributed by atoms with Crippen LogP contribution < -0.4 is 9.62 Å². The number of aromatic amines is 1. The molecule has 2 aromatic heterocycles. The number of rotatable bonds is 4. The number of aromatic nitrogens is 4. The van der Waals surface area contributed by atoms with Gasteiger partial charge in [0.1, 0.15) is 11.8 Å². The number of hydrogen-bond donors (Lipinski definition) is 2. The highest BCUT2D eigenvalue weighted by molar-refractivity contribution is 7.98. The molecule has 0 bridgehead atoms. The Morgan fingerprint density at radius 2 is 2.10 bits per heavy atom. The van der Waals surface area contributed by atoms with Crippen LogP contribution in [0, 0.1) is 5.41 Å². The van der Waals surface area contributed by atoms with Crippen LogP contribution in [0.25, 0.3) is 11.2 Å². The first-order valence-electron chi connectivity index (χ1n) is 7.40. The normalized spacial score (nSPS) is 31.1. The molecule has 4 rings (SSSR count). The van der Waals surface area contributed by atoms with Gasteiger partial charge in [-0.15, -0.1) is 0 Å². The largest absolute Gasteiger partial charge is 0.355 e. The molecule has 1 spiro atoms. The quantitative estimate of drug-likeness (QED) is 0.842. The summed E-state index contributed by atoms with van der Waals surface area (Å²) in [6.45, 7) is 0. The maximum Gasteiger partial charge on any atom is 0.182 e. The molecule has 21 heavy (non-hydrogen) atoms. The molecule has 2 heterocycles. The molecule has 0 aromatic carbocycles. The van der Waals surface area contributed by atoms with Gasteiger partial charge in [0.05, 0.1) is 6.33 Å². The summed E-state index contributed by atoms with van der Waals surface area (Å²) in [5.41, 5.74) is 2.29. The maximum absolute atomic E-state index is 4.45. The van der Waals surface area contributed by atoms with Crippen LogP contribution in [-0.2, 0) is 0 Å². The van der Waals surface area contributed by atoms with Crippen molar-refractivity contribution in [3.63, 3.8) is 0 Å². The van der Waals surface area contributed by atoms with Crippen molar-refractivity contribution in [1.82, 2.24) is 24.7 Å². The van der Waals surface area contributed by atoms with Crippen molar-refractivity contribution in [2.75, 3.05) is 19.0 Å². The lowest BCUT2D eigenvalue weighted by molar-refractivity contribution is 0.0163. The minimum Gasteiger partial charge on any atom is -0.355 e. The summed E-state index contributed by atoms with van der Waals surface area (Å²) in [4.78, 5) is 18.3. The van der Waals surface area contributed by atoms with E-state index in [0.717, 1.165) is 22.2 Å². The molecule has 2 aliphatic carbocycles. The molecule has 2 N–H and O–H groups in total. The van der Waals surface area contributed by atoms with Gasteiger partial charge < -0.3 is 9.88 Å². The van der Waals surface area contributed by atoms with Gasteiger partial charge in [0.25, 0.3) is 0 Å². The fourth-order valence-corrected chi connectivity index (χ4v) is 5.10. The molecule has 0 amide bonds. The van der Waals surface area contributed by atoms with Gasteiger partial charge in [0.2, 0.25) is 0 Å². The van der Waals surface area contributed by atoms with E-state index in [0.29, 0.717) is 11.5 Å². The molecule has 112 valence electrons. The molecule has 0 unspecified atom stereocenters. The van der Waals surface area contributed by atoms with Gasteiger partial charge in [0.15, 0.2) is 11.5 Å². The van der Waals surface area contributed by atoms with Gasteiger partial charge in [0, 0.05) is 18.3 Å². The fraction of sp³-hybridized carbons (Fsp3) is 0.643. The third kappa shape index (κ3) is 2.10. The van der Waals surface area contributed by atoms with E-state index in [1.165, 1.54) is 25.7 Å². The summed E-state index contributed by atoms with van der Waals surface area (Å²) in [5.74, 6) is 0.970. The van der Waals surface area contributed by atoms with E-state index in [1.54, 1.807) is 12.7 Å². The fourth-order valence-electron chi connectivity index (χ4n) is 3.90. The highest BCUT2D eigenvalue weighted by Gasteiger charge is 2.54. The summed E-state index contributed by atoms with van der Waals surface area (Å²) in [7, 11) is 4.15. The van der Waals surface area contributed by atoms with Gasteiger partial charge >= 0.3 is 0 Å². The molecule has 0 aliphatic heterocycles. The van der Waals surface area contributed by atoms with Gasteiger partial charge in [-0.25, -0.2) is 15.0 Å². The average Bonchev–Trinajstić information content (AvgIpc) is 2.87. The lowest BCUT2D eigenvalue weighted by Gasteiger charge is -2.59. The minimum absolute atomic E-state index is 0.590. The predicted octanol–water partition coefficient (Wildman–Crippen LogP) is 1.97. The Morgan fingerprint density at radius 3 is 2.86 bits per heavy atom. The number of nitrogens with zero attached hydrogens (tertiary/aromatic N) is 4. The monoisotopic (exact) mass is 304 g/mol. The highest BCUT2D eigenvalue weighted by atomic mass is 32.2. The van der Waals surface area contributed by atoms with E-state index in [4.69, 9.17) is 0 Å². The standard InChI is InChI=1S/C14H20N6S/c1-15-21-10-5-14(6-10)3-9(4-14)20(2)13-11-12(17-7-16-11)18-8-19-13/h7-10,15H,3-6H2,1-2H3,(H,16,17,18,19). The number of H-pyrrole nitrogens is 1. The minimum atomic E-state index is 0.590. The number of hydrogen-bond acceptors (Lipinski definition) is 6. The molecule has 0 radical (unpaired) electrons. The highest BCUT2D eigenvalue weighted by Crippen LogP contribution is 2.60. The van der Waals surface area contributed by atoms with Crippen LogP contribution in [0.4, 0.5) is 5.82 Å². The van der Waals surface area contributed by atoms with Crippen LogP contribution in [0.15, 0.2) is 12.7 Å². The second kappa shape index (κ2) is 4.84. The molecule has 2 aliphatic rings. The van der Waals surface area contributed by atoms with Crippen LogP contribution in [-0.4, -0.2) is 45.3 Å². The first-order valence-corrected chi connectivity index (χ1v) is 8.28. The Balaban J connectivity index is 1.44. The molecule has 0 saturated heterocycles. The molecular formula is C14H20N6S. The topological polar surface area (TPSA) is 69.7 Å². The molecule has 2 saturated carbocycles. The SMILES string of the molecule is CNSC1CC2(C1)CC(N(C)c1ncnc3nc[nH]c13)C2. The Bertz CT molecular complexity index is 642. The molecule has 2 aromatic rings. The second-order valence-corrected chi connectivity index (χ2v) is 7.63. The molecule has 0 atom stereocenters. The van der Waals surface area contributed by atoms with Crippen molar-refractivity contribution >= 4 is 28.9 Å². The van der Waals surface area contributed by atoms with Crippen molar-refractivity contribution in [2.24, 2.45) is 5.41 Å². The van der Waals surface area contributed by atoms with Crippen LogP contribution in [0.2, 0.25) is 0 Å². The zero-order valence-corrected chi connectivity index (χ0v) is 13.2. The van der Waals surface area contributed by atoms with Crippen LogP contribution in [0.5, 0.6) is 0 Å². The predicted molar refractivity (Wildman–Crippen MR) is 85.2 cm³/mol. The third-order valence-corrected chi connectivity index (χ3v) is 5.93. The molecule has 7 heteroatoms. The van der Waals surface area contributed by atoms with E-state index in [9.17, 15) is 0 Å². The van der Waals surface area contributed by atoms with E-state index in [-0.39, 0.29) is 0 Å². The number of imidazole rings is 1. The van der Waals surface area contributed by atoms with Crippen molar-refractivity contribution in [1.29, 1.82) is 0 Å². The van der Waals surface area contributed by atoms with E-state index < -0.39 is 0 Å². The zero-order chi connectivity index (χ0) is 14.4. The Hall–Kier alpha value is -1.34. The van der Waals surface area contributed by atoms with Crippen LogP contribution in [0.3, 0.4) is 0 Å². The summed E-state index contributed by atoms with van der Waals surface area (Å²) in [6.07, 6.45) is 8.56. The summed E-state index contributed by atoms with van der Waals surface area (Å²) < 4.78 is 3.21. The molecule has 6 nitrogen and oxygen atoms in total. The van der Waals surface area contributed by atoms with Gasteiger partial charge in [-0.1, -0.05) is 11.9 Å². The van der Waals surface area contributed by atoms with Gasteiger partial charge in [-0.05, 0) is 38.1 Å². The number of nitrogens with one attached hydrogen (secondary N) is 2. The smallest absolute Gasteiger partial charge is 0.182 e. The van der Waals surface area contributed by atoms with E-state index >= 15 is 0 Å². The third-order valence-electron chi connectivity index (χ3n) is 5.03. The number of anilines is 1. The van der Waals surface area contributed by atoms with E-state index in [1.807, 2.05) is 19.0 Å². The molecule has 2 fully saturated rings. The Labute approximate surface area is 128 Å². The maximum atomic E-state index is 4.45. The van der Waals surface area contributed by atoms with Gasteiger partial charge in [-0.3, -0.25) is 4.72 Å². The summed E-state index contributed by atoms with van der Waals surface area (Å²) in [6, 6.07) is 0.590. The summed E-state index contributed by atoms with van der Waals surface area (Å²) in [5, 5.41) is 0.805. The Morgan fingerprint density at radius 1 is 1.29 bits per heavy atom. The van der Waals surface area contributed by atoms with Gasteiger partial charge in [-0.2, -0.15) is 0 Å². The van der Waals surface area contributed by atoms with E-state index in [2.05, 4.69) is 36.6 Å². The van der Waals surface area contributed by atoms with Crippen molar-refractivity contribution < 1.29 is 0 Å². The van der Waals surface area contributed by atoms with Crippen LogP contribution >= 0.6 is 11.9 Å². The Kier molecular flexibility index (Phi) is 3.08. The lowest BCUT2D eigenvalue weighted by Crippen LogP contribution is -2.57. The first kappa shape index (κ1) is 13.3. The first-order chi connectivity index (χ1) is 10.2. The van der Waals surface area contributed by atoms with Crippen molar-refractivity contribution in [2.45, 2.75) is 37.0 Å². The summed E-state index contributed by atoms with van der Waals surface area (Å²) >= 11 is 1.88. The second-order valence-electron chi connectivity index (χ2n) is 6.32.